The van der Waals surface area contributed by atoms with Gasteiger partial charge in [0.1, 0.15) is 6.04 Å². The summed E-state index contributed by atoms with van der Waals surface area (Å²) in [6.07, 6.45) is 3.10. The third kappa shape index (κ3) is 4.59. The van der Waals surface area contributed by atoms with Crippen LogP contribution in [-0.4, -0.2) is 32.2 Å². The summed E-state index contributed by atoms with van der Waals surface area (Å²) in [5.41, 5.74) is 2.23. The first-order valence-electron chi connectivity index (χ1n) is 9.94. The predicted octanol–water partition coefficient (Wildman–Crippen LogP) is 2.54. The van der Waals surface area contributed by atoms with Crippen LogP contribution >= 0.6 is 11.6 Å². The molecule has 2 heterocycles. The largest absolute Gasteiger partial charge is 0.490 e. The fraction of sp³-hybridized carbons (Fsp3) is 0.409. The summed E-state index contributed by atoms with van der Waals surface area (Å²) in [4.78, 5) is 13.8. The van der Waals surface area contributed by atoms with Crippen LogP contribution in [-0.2, 0) is 11.3 Å². The van der Waals surface area contributed by atoms with Gasteiger partial charge in [0, 0.05) is 36.4 Å². The summed E-state index contributed by atoms with van der Waals surface area (Å²) in [6.45, 7) is 3.36. The first-order valence-corrected chi connectivity index (χ1v) is 10.3. The minimum atomic E-state index is 0.0659. The topological polar surface area (TPSA) is 52.0 Å². The Labute approximate surface area is 170 Å². The number of amides is 1. The highest BCUT2D eigenvalue weighted by molar-refractivity contribution is 6.30. The zero-order chi connectivity index (χ0) is 19.3. The van der Waals surface area contributed by atoms with E-state index < -0.39 is 0 Å². The molecule has 2 N–H and O–H groups in total. The van der Waals surface area contributed by atoms with Gasteiger partial charge in [-0.15, -0.1) is 0 Å². The molecule has 4 rings (SSSR count). The van der Waals surface area contributed by atoms with Gasteiger partial charge < -0.3 is 19.7 Å². The lowest BCUT2D eigenvalue weighted by Crippen LogP contribution is -3.11. The van der Waals surface area contributed by atoms with Crippen molar-refractivity contribution in [3.63, 3.8) is 0 Å². The van der Waals surface area contributed by atoms with Gasteiger partial charge in [0.05, 0.1) is 19.8 Å². The molecule has 28 heavy (non-hydrogen) atoms. The summed E-state index contributed by atoms with van der Waals surface area (Å²) < 4.78 is 11.6. The van der Waals surface area contributed by atoms with Gasteiger partial charge in [-0.3, -0.25) is 4.79 Å². The second kappa shape index (κ2) is 8.84. The van der Waals surface area contributed by atoms with Crippen molar-refractivity contribution in [2.75, 3.05) is 26.3 Å². The molecule has 1 amide bonds. The van der Waals surface area contributed by atoms with Crippen LogP contribution in [0.4, 0.5) is 0 Å². The number of likely N-dealkylation sites (tertiary alicyclic amines) is 1. The van der Waals surface area contributed by atoms with E-state index >= 15 is 0 Å². The van der Waals surface area contributed by atoms with Crippen molar-refractivity contribution in [1.29, 1.82) is 0 Å². The van der Waals surface area contributed by atoms with Crippen molar-refractivity contribution in [3.8, 4) is 11.5 Å². The van der Waals surface area contributed by atoms with Crippen LogP contribution in [0, 0.1) is 0 Å². The molecule has 0 aliphatic carbocycles. The number of halogens is 1. The summed E-state index contributed by atoms with van der Waals surface area (Å²) in [5, 5.41) is 3.71. The first kappa shape index (κ1) is 19.1. The first-order chi connectivity index (χ1) is 13.7. The van der Waals surface area contributed by atoms with Crippen molar-refractivity contribution >= 4 is 17.5 Å². The molecule has 0 spiro atoms. The third-order valence-corrected chi connectivity index (χ3v) is 5.66. The Bertz CT molecular complexity index is 842. The molecule has 0 bridgehead atoms. The van der Waals surface area contributed by atoms with E-state index in [-0.39, 0.29) is 5.91 Å². The molecule has 148 valence electrons. The van der Waals surface area contributed by atoms with E-state index in [0.717, 1.165) is 42.9 Å². The second-order valence-electron chi connectivity index (χ2n) is 7.44. The number of benzene rings is 2. The standard InChI is InChI=1S/C22H25ClN2O3/c23-18-5-1-4-16(12-18)14-24-22(26)15-25-9-2-6-19(25)17-7-8-20-21(13-17)28-11-3-10-27-20/h1,4-5,7-8,12-13,19H,2-3,6,9-11,14-15H2,(H,24,26)/p+1/t19-/m0/s1. The van der Waals surface area contributed by atoms with Crippen molar-refractivity contribution < 1.29 is 19.2 Å². The summed E-state index contributed by atoms with van der Waals surface area (Å²) in [7, 11) is 0. The molecular formula is C22H26ClN2O3+. The Morgan fingerprint density at radius 3 is 2.82 bits per heavy atom. The van der Waals surface area contributed by atoms with E-state index in [0.29, 0.717) is 37.4 Å². The van der Waals surface area contributed by atoms with E-state index in [2.05, 4.69) is 17.4 Å². The van der Waals surface area contributed by atoms with Gasteiger partial charge in [-0.1, -0.05) is 23.7 Å². The monoisotopic (exact) mass is 401 g/mol. The normalized spacial score (nSPS) is 21.2. The van der Waals surface area contributed by atoms with Crippen molar-refractivity contribution in [2.45, 2.75) is 31.8 Å². The van der Waals surface area contributed by atoms with E-state index in [1.807, 2.05) is 30.3 Å². The Kier molecular flexibility index (Phi) is 6.03. The maximum atomic E-state index is 12.5. The van der Waals surface area contributed by atoms with Crippen molar-refractivity contribution in [3.05, 3.63) is 58.6 Å². The van der Waals surface area contributed by atoms with Gasteiger partial charge in [0.2, 0.25) is 0 Å². The van der Waals surface area contributed by atoms with Gasteiger partial charge >= 0.3 is 0 Å². The Hall–Kier alpha value is -2.24. The van der Waals surface area contributed by atoms with Crippen LogP contribution in [0.3, 0.4) is 0 Å². The van der Waals surface area contributed by atoms with E-state index in [4.69, 9.17) is 21.1 Å². The molecule has 6 heteroatoms. The van der Waals surface area contributed by atoms with Gasteiger partial charge in [0.25, 0.3) is 5.91 Å². The van der Waals surface area contributed by atoms with Gasteiger partial charge in [-0.05, 0) is 35.9 Å². The molecule has 1 fully saturated rings. The smallest absolute Gasteiger partial charge is 0.275 e. The highest BCUT2D eigenvalue weighted by Crippen LogP contribution is 2.33. The molecule has 2 atom stereocenters. The number of quaternary nitrogens is 1. The summed E-state index contributed by atoms with van der Waals surface area (Å²) >= 11 is 6.01. The minimum Gasteiger partial charge on any atom is -0.490 e. The van der Waals surface area contributed by atoms with Crippen LogP contribution in [0.2, 0.25) is 5.02 Å². The summed E-state index contributed by atoms with van der Waals surface area (Å²) in [6, 6.07) is 14.1. The molecule has 2 aromatic carbocycles. The average Bonchev–Trinajstić information content (AvgIpc) is 3.02. The highest BCUT2D eigenvalue weighted by Gasteiger charge is 2.32. The molecule has 0 aromatic heterocycles. The molecule has 0 radical (unpaired) electrons. The lowest BCUT2D eigenvalue weighted by Gasteiger charge is -2.22. The summed E-state index contributed by atoms with van der Waals surface area (Å²) in [5.74, 6) is 1.71. The van der Waals surface area contributed by atoms with E-state index in [1.54, 1.807) is 0 Å². The molecule has 2 aliphatic heterocycles. The predicted molar refractivity (Wildman–Crippen MR) is 108 cm³/mol. The zero-order valence-electron chi connectivity index (χ0n) is 15.9. The zero-order valence-corrected chi connectivity index (χ0v) is 16.6. The molecule has 1 saturated heterocycles. The second-order valence-corrected chi connectivity index (χ2v) is 7.88. The maximum absolute atomic E-state index is 12.5. The van der Waals surface area contributed by atoms with Crippen molar-refractivity contribution in [2.24, 2.45) is 0 Å². The number of ether oxygens (including phenoxy) is 2. The minimum absolute atomic E-state index is 0.0659. The number of carbonyl (C=O) groups excluding carboxylic acids is 1. The number of carbonyl (C=O) groups is 1. The lowest BCUT2D eigenvalue weighted by molar-refractivity contribution is -0.910. The fourth-order valence-electron chi connectivity index (χ4n) is 4.04. The van der Waals surface area contributed by atoms with Gasteiger partial charge in [0.15, 0.2) is 18.0 Å². The van der Waals surface area contributed by atoms with Gasteiger partial charge in [-0.25, -0.2) is 0 Å². The van der Waals surface area contributed by atoms with Crippen LogP contribution in [0.15, 0.2) is 42.5 Å². The van der Waals surface area contributed by atoms with Crippen LogP contribution in [0.5, 0.6) is 11.5 Å². The Balaban J connectivity index is 1.38. The molecular weight excluding hydrogens is 376 g/mol. The maximum Gasteiger partial charge on any atom is 0.275 e. The Morgan fingerprint density at radius 2 is 1.96 bits per heavy atom. The van der Waals surface area contributed by atoms with E-state index in [1.165, 1.54) is 10.5 Å². The van der Waals surface area contributed by atoms with E-state index in [9.17, 15) is 4.79 Å². The highest BCUT2D eigenvalue weighted by atomic mass is 35.5. The fourth-order valence-corrected chi connectivity index (χ4v) is 4.25. The Morgan fingerprint density at radius 1 is 1.11 bits per heavy atom. The quantitative estimate of drug-likeness (QED) is 0.809. The van der Waals surface area contributed by atoms with Gasteiger partial charge in [-0.2, -0.15) is 0 Å². The third-order valence-electron chi connectivity index (χ3n) is 5.42. The molecule has 2 aliphatic rings. The average molecular weight is 402 g/mol. The number of hydrogen-bond donors (Lipinski definition) is 2. The van der Waals surface area contributed by atoms with Crippen LogP contribution in [0.25, 0.3) is 0 Å². The SMILES string of the molecule is O=C(C[NH+]1CCC[C@H]1c1ccc2c(c1)OCCCO2)NCc1cccc(Cl)c1. The molecule has 5 nitrogen and oxygen atoms in total. The lowest BCUT2D eigenvalue weighted by atomic mass is 10.0. The molecule has 0 saturated carbocycles. The van der Waals surface area contributed by atoms with Crippen molar-refractivity contribution in [1.82, 2.24) is 5.32 Å². The number of rotatable bonds is 5. The number of hydrogen-bond acceptors (Lipinski definition) is 3. The molecule has 1 unspecified atom stereocenters. The van der Waals surface area contributed by atoms with Crippen LogP contribution < -0.4 is 19.7 Å². The number of nitrogens with one attached hydrogen (secondary N) is 2. The number of fused-ring (bicyclic) bond motifs is 1. The molecule has 2 aromatic rings. The van der Waals surface area contributed by atoms with Crippen LogP contribution in [0.1, 0.15) is 36.4 Å².